The molecule has 0 fully saturated rings. The maximum Gasteiger partial charge on any atom is 0.251 e. The van der Waals surface area contributed by atoms with Crippen molar-refractivity contribution in [1.82, 2.24) is 5.32 Å². The molecule has 0 aromatic heterocycles. The number of para-hydroxylation sites is 2. The number of hydrogen-bond donors (Lipinski definition) is 2. The molecule has 2 rings (SSSR count). The number of aryl methyl sites for hydroxylation is 1. The van der Waals surface area contributed by atoms with Crippen molar-refractivity contribution in [1.29, 1.82) is 0 Å². The lowest BCUT2D eigenvalue weighted by molar-refractivity contribution is 0.0947. The van der Waals surface area contributed by atoms with Crippen LogP contribution in [0.15, 0.2) is 42.5 Å². The van der Waals surface area contributed by atoms with E-state index in [0.717, 1.165) is 0 Å². The maximum atomic E-state index is 13.1. The van der Waals surface area contributed by atoms with Crippen molar-refractivity contribution in [2.45, 2.75) is 6.92 Å². The van der Waals surface area contributed by atoms with E-state index in [2.05, 4.69) is 5.32 Å². The number of halogens is 1. The van der Waals surface area contributed by atoms with Crippen LogP contribution in [0.5, 0.6) is 5.75 Å². The zero-order valence-electron chi connectivity index (χ0n) is 11.7. The van der Waals surface area contributed by atoms with Crippen LogP contribution in [-0.2, 0) is 0 Å². The molecule has 0 saturated heterocycles. The van der Waals surface area contributed by atoms with Gasteiger partial charge in [-0.15, -0.1) is 0 Å². The van der Waals surface area contributed by atoms with Gasteiger partial charge in [0.1, 0.15) is 18.2 Å². The quantitative estimate of drug-likeness (QED) is 0.656. The van der Waals surface area contributed by atoms with Crippen molar-refractivity contribution in [2.75, 3.05) is 18.9 Å². The van der Waals surface area contributed by atoms with Gasteiger partial charge in [0.05, 0.1) is 12.2 Å². The molecule has 3 N–H and O–H groups in total. The van der Waals surface area contributed by atoms with Gasteiger partial charge in [-0.25, -0.2) is 4.39 Å². The summed E-state index contributed by atoms with van der Waals surface area (Å²) in [5.74, 6) is 0.00143. The number of carbonyl (C=O) groups is 1. The highest BCUT2D eigenvalue weighted by atomic mass is 19.1. The van der Waals surface area contributed by atoms with Crippen molar-refractivity contribution in [3.8, 4) is 5.75 Å². The Kier molecular flexibility index (Phi) is 4.77. The van der Waals surface area contributed by atoms with Crippen LogP contribution in [0.1, 0.15) is 15.9 Å². The summed E-state index contributed by atoms with van der Waals surface area (Å²) in [7, 11) is 0. The van der Waals surface area contributed by atoms with Crippen LogP contribution in [0, 0.1) is 12.7 Å². The summed E-state index contributed by atoms with van der Waals surface area (Å²) in [6.45, 7) is 2.26. The first-order chi connectivity index (χ1) is 10.1. The van der Waals surface area contributed by atoms with Gasteiger partial charge in [-0.05, 0) is 42.8 Å². The highest BCUT2D eigenvalue weighted by molar-refractivity contribution is 5.94. The Balaban J connectivity index is 1.82. The first kappa shape index (κ1) is 14.8. The molecule has 0 bridgehead atoms. The first-order valence-corrected chi connectivity index (χ1v) is 6.59. The molecule has 0 aliphatic rings. The molecule has 4 nitrogen and oxygen atoms in total. The SMILES string of the molecule is Cc1cc(C(=O)NCCOc2ccccc2N)ccc1F. The molecule has 1 amide bonds. The average molecular weight is 288 g/mol. The molecule has 2 aromatic carbocycles. The molecule has 0 heterocycles. The van der Waals surface area contributed by atoms with Gasteiger partial charge in [-0.1, -0.05) is 12.1 Å². The predicted molar refractivity (Wildman–Crippen MR) is 79.8 cm³/mol. The zero-order chi connectivity index (χ0) is 15.2. The third-order valence-corrected chi connectivity index (χ3v) is 2.98. The number of nitrogen functional groups attached to an aromatic ring is 1. The van der Waals surface area contributed by atoms with Crippen molar-refractivity contribution in [2.24, 2.45) is 0 Å². The smallest absolute Gasteiger partial charge is 0.251 e. The van der Waals surface area contributed by atoms with Gasteiger partial charge >= 0.3 is 0 Å². The van der Waals surface area contributed by atoms with E-state index in [1.807, 2.05) is 12.1 Å². The Morgan fingerprint density at radius 3 is 2.76 bits per heavy atom. The fourth-order valence-corrected chi connectivity index (χ4v) is 1.83. The van der Waals surface area contributed by atoms with Crippen molar-refractivity contribution in [3.05, 3.63) is 59.4 Å². The fraction of sp³-hybridized carbons (Fsp3) is 0.188. The summed E-state index contributed by atoms with van der Waals surface area (Å²) in [5.41, 5.74) is 7.16. The lowest BCUT2D eigenvalue weighted by Gasteiger charge is -2.09. The Hall–Kier alpha value is -2.56. The molecule has 5 heteroatoms. The molecule has 0 aliphatic carbocycles. The molecule has 0 atom stereocenters. The van der Waals surface area contributed by atoms with Gasteiger partial charge in [0.15, 0.2) is 0 Å². The summed E-state index contributed by atoms with van der Waals surface area (Å²) >= 11 is 0. The molecule has 2 aromatic rings. The van der Waals surface area contributed by atoms with E-state index in [1.54, 1.807) is 19.1 Å². The molecule has 0 spiro atoms. The molecule has 0 radical (unpaired) electrons. The number of ether oxygens (including phenoxy) is 1. The van der Waals surface area contributed by atoms with Crippen LogP contribution in [0.3, 0.4) is 0 Å². The number of carbonyl (C=O) groups excluding carboxylic acids is 1. The molecule has 0 saturated carbocycles. The molecule has 21 heavy (non-hydrogen) atoms. The summed E-state index contributed by atoms with van der Waals surface area (Å²) in [6.07, 6.45) is 0. The molecule has 0 aliphatic heterocycles. The number of hydrogen-bond acceptors (Lipinski definition) is 3. The van der Waals surface area contributed by atoms with E-state index in [1.165, 1.54) is 18.2 Å². The van der Waals surface area contributed by atoms with Crippen molar-refractivity contribution in [3.63, 3.8) is 0 Å². The molecular formula is C16H17FN2O2. The van der Waals surface area contributed by atoms with Crippen molar-refractivity contribution >= 4 is 11.6 Å². The number of nitrogens with one attached hydrogen (secondary N) is 1. The Morgan fingerprint density at radius 2 is 2.05 bits per heavy atom. The van der Waals surface area contributed by atoms with Crippen molar-refractivity contribution < 1.29 is 13.9 Å². The normalized spacial score (nSPS) is 10.2. The second-order valence-corrected chi connectivity index (χ2v) is 4.61. The van der Waals surface area contributed by atoms with E-state index in [9.17, 15) is 9.18 Å². The number of benzene rings is 2. The van der Waals surface area contributed by atoms with Crippen LogP contribution in [0.25, 0.3) is 0 Å². The van der Waals surface area contributed by atoms with E-state index in [0.29, 0.717) is 35.7 Å². The average Bonchev–Trinajstić information content (AvgIpc) is 2.48. The maximum absolute atomic E-state index is 13.1. The van der Waals surface area contributed by atoms with Crippen LogP contribution in [-0.4, -0.2) is 19.1 Å². The molecular weight excluding hydrogens is 271 g/mol. The Bertz CT molecular complexity index is 644. The summed E-state index contributed by atoms with van der Waals surface area (Å²) in [6, 6.07) is 11.4. The Morgan fingerprint density at radius 1 is 1.29 bits per heavy atom. The summed E-state index contributed by atoms with van der Waals surface area (Å²) in [4.78, 5) is 11.9. The van der Waals surface area contributed by atoms with E-state index in [-0.39, 0.29) is 11.7 Å². The van der Waals surface area contributed by atoms with E-state index in [4.69, 9.17) is 10.5 Å². The topological polar surface area (TPSA) is 64.3 Å². The first-order valence-electron chi connectivity index (χ1n) is 6.59. The Labute approximate surface area is 122 Å². The highest BCUT2D eigenvalue weighted by Gasteiger charge is 2.07. The molecule has 110 valence electrons. The number of nitrogens with two attached hydrogens (primary N) is 1. The van der Waals surface area contributed by atoms with Crippen LogP contribution >= 0.6 is 0 Å². The van der Waals surface area contributed by atoms with Gasteiger partial charge in [0, 0.05) is 5.56 Å². The minimum atomic E-state index is -0.325. The van der Waals surface area contributed by atoms with Gasteiger partial charge in [-0.3, -0.25) is 4.79 Å². The lowest BCUT2D eigenvalue weighted by Crippen LogP contribution is -2.28. The van der Waals surface area contributed by atoms with Gasteiger partial charge in [0.2, 0.25) is 0 Å². The molecule has 0 unspecified atom stereocenters. The standard InChI is InChI=1S/C16H17FN2O2/c1-11-10-12(6-7-13(11)17)16(20)19-8-9-21-15-5-3-2-4-14(15)18/h2-7,10H,8-9,18H2,1H3,(H,19,20). The second-order valence-electron chi connectivity index (χ2n) is 4.61. The number of amides is 1. The minimum absolute atomic E-state index is 0.261. The minimum Gasteiger partial charge on any atom is -0.490 e. The predicted octanol–water partition coefficient (Wildman–Crippen LogP) is 2.53. The number of anilines is 1. The fourth-order valence-electron chi connectivity index (χ4n) is 1.83. The van der Waals surface area contributed by atoms with Gasteiger partial charge in [-0.2, -0.15) is 0 Å². The summed E-state index contributed by atoms with van der Waals surface area (Å²) in [5, 5.41) is 2.71. The second kappa shape index (κ2) is 6.74. The van der Waals surface area contributed by atoms with Crippen LogP contribution in [0.4, 0.5) is 10.1 Å². The summed E-state index contributed by atoms with van der Waals surface area (Å²) < 4.78 is 18.6. The van der Waals surface area contributed by atoms with Crippen LogP contribution < -0.4 is 15.8 Å². The third kappa shape index (κ3) is 3.95. The van der Waals surface area contributed by atoms with Gasteiger partial charge < -0.3 is 15.8 Å². The zero-order valence-corrected chi connectivity index (χ0v) is 11.7. The van der Waals surface area contributed by atoms with Crippen LogP contribution in [0.2, 0.25) is 0 Å². The van der Waals surface area contributed by atoms with E-state index >= 15 is 0 Å². The third-order valence-electron chi connectivity index (χ3n) is 2.98. The lowest BCUT2D eigenvalue weighted by atomic mass is 10.1. The number of rotatable bonds is 5. The monoisotopic (exact) mass is 288 g/mol. The largest absolute Gasteiger partial charge is 0.490 e. The van der Waals surface area contributed by atoms with Gasteiger partial charge in [0.25, 0.3) is 5.91 Å². The van der Waals surface area contributed by atoms with E-state index < -0.39 is 0 Å². The highest BCUT2D eigenvalue weighted by Crippen LogP contribution is 2.19.